The van der Waals surface area contributed by atoms with Gasteiger partial charge in [0, 0.05) is 16.7 Å². The molecule has 2 rings (SSSR count). The second kappa shape index (κ2) is 8.06. The fourth-order valence-electron chi connectivity index (χ4n) is 2.55. The monoisotopic (exact) mass is 293 g/mol. The Kier molecular flexibility index (Phi) is 6.40. The minimum atomic E-state index is 0.429. The molecule has 0 saturated carbocycles. The van der Waals surface area contributed by atoms with Crippen LogP contribution in [0, 0.1) is 0 Å². The summed E-state index contributed by atoms with van der Waals surface area (Å²) >= 11 is 1.92. The van der Waals surface area contributed by atoms with E-state index in [2.05, 4.69) is 50.4 Å². The highest BCUT2D eigenvalue weighted by Crippen LogP contribution is 2.28. The molecule has 1 heterocycles. The quantitative estimate of drug-likeness (QED) is 0.753. The van der Waals surface area contributed by atoms with E-state index in [-0.39, 0.29) is 0 Å². The average Bonchev–Trinajstić information content (AvgIpc) is 2.88. The summed E-state index contributed by atoms with van der Waals surface area (Å²) in [5.74, 6) is 1.07. The van der Waals surface area contributed by atoms with Gasteiger partial charge in [0.2, 0.25) is 0 Å². The Bertz CT molecular complexity index is 410. The van der Waals surface area contributed by atoms with E-state index >= 15 is 0 Å². The number of nitrogens with one attached hydrogen (secondary N) is 1. The Morgan fingerprint density at radius 2 is 2.25 bits per heavy atom. The predicted molar refractivity (Wildman–Crippen MR) is 87.4 cm³/mol. The molecule has 0 aliphatic carbocycles. The molecule has 3 unspecified atom stereocenters. The molecule has 2 nitrogen and oxygen atoms in total. The minimum Gasteiger partial charge on any atom is -0.374 e. The van der Waals surface area contributed by atoms with Crippen molar-refractivity contribution in [1.82, 2.24) is 5.32 Å². The zero-order valence-corrected chi connectivity index (χ0v) is 13.7. The zero-order chi connectivity index (χ0) is 14.4. The summed E-state index contributed by atoms with van der Waals surface area (Å²) in [5, 5.41) is 3.54. The van der Waals surface area contributed by atoms with E-state index in [0.717, 1.165) is 12.3 Å². The Morgan fingerprint density at radius 1 is 1.40 bits per heavy atom. The van der Waals surface area contributed by atoms with Crippen molar-refractivity contribution >= 4 is 11.8 Å². The number of ether oxygens (including phenoxy) is 1. The van der Waals surface area contributed by atoms with Gasteiger partial charge >= 0.3 is 0 Å². The maximum Gasteiger partial charge on any atom is 0.0673 e. The van der Waals surface area contributed by atoms with Gasteiger partial charge in [-0.05, 0) is 57.4 Å². The van der Waals surface area contributed by atoms with Crippen molar-refractivity contribution in [1.29, 1.82) is 0 Å². The highest BCUT2D eigenvalue weighted by molar-refractivity contribution is 7.99. The van der Waals surface area contributed by atoms with Crippen molar-refractivity contribution in [3.8, 4) is 0 Å². The zero-order valence-electron chi connectivity index (χ0n) is 12.9. The molecule has 20 heavy (non-hydrogen) atoms. The van der Waals surface area contributed by atoms with E-state index in [1.807, 2.05) is 11.8 Å². The maximum absolute atomic E-state index is 5.88. The summed E-state index contributed by atoms with van der Waals surface area (Å²) in [6.45, 7) is 7.69. The molecule has 3 atom stereocenters. The number of rotatable bonds is 7. The highest BCUT2D eigenvalue weighted by atomic mass is 32.2. The SMILES string of the molecule is CCCNC(C)c1cccc(SCC2CCC(C)O2)c1. The van der Waals surface area contributed by atoms with E-state index in [1.54, 1.807) is 0 Å². The Balaban J connectivity index is 1.85. The van der Waals surface area contributed by atoms with Gasteiger partial charge in [0.1, 0.15) is 0 Å². The second-order valence-corrected chi connectivity index (χ2v) is 6.80. The van der Waals surface area contributed by atoms with Crippen LogP contribution in [0.2, 0.25) is 0 Å². The van der Waals surface area contributed by atoms with Crippen LogP contribution in [0.15, 0.2) is 29.2 Å². The predicted octanol–water partition coefficient (Wildman–Crippen LogP) is 4.41. The van der Waals surface area contributed by atoms with Gasteiger partial charge in [0.05, 0.1) is 12.2 Å². The van der Waals surface area contributed by atoms with Gasteiger partial charge in [0.25, 0.3) is 0 Å². The van der Waals surface area contributed by atoms with Crippen LogP contribution in [-0.2, 0) is 4.74 Å². The van der Waals surface area contributed by atoms with Crippen molar-refractivity contribution in [2.75, 3.05) is 12.3 Å². The standard InChI is InChI=1S/C17H27NOS/c1-4-10-18-14(3)15-6-5-7-17(11-15)20-12-16-9-8-13(2)19-16/h5-7,11,13-14,16,18H,4,8-10,12H2,1-3H3. The van der Waals surface area contributed by atoms with Crippen LogP contribution in [0.25, 0.3) is 0 Å². The third-order valence-corrected chi connectivity index (χ3v) is 4.94. The van der Waals surface area contributed by atoms with Crippen molar-refractivity contribution in [2.24, 2.45) is 0 Å². The molecule has 0 aromatic heterocycles. The molecule has 1 aromatic carbocycles. The van der Waals surface area contributed by atoms with E-state index in [1.165, 1.54) is 29.7 Å². The van der Waals surface area contributed by atoms with Gasteiger partial charge in [-0.15, -0.1) is 11.8 Å². The van der Waals surface area contributed by atoms with Crippen molar-refractivity contribution < 1.29 is 4.74 Å². The summed E-state index contributed by atoms with van der Waals surface area (Å²) in [7, 11) is 0. The second-order valence-electron chi connectivity index (χ2n) is 5.71. The molecule has 0 radical (unpaired) electrons. The first-order chi connectivity index (χ1) is 9.69. The van der Waals surface area contributed by atoms with Gasteiger partial charge in [-0.1, -0.05) is 19.1 Å². The van der Waals surface area contributed by atoms with Gasteiger partial charge in [-0.2, -0.15) is 0 Å². The van der Waals surface area contributed by atoms with Crippen molar-refractivity contribution in [2.45, 2.75) is 63.2 Å². The molecule has 0 bridgehead atoms. The first-order valence-electron chi connectivity index (χ1n) is 7.80. The van der Waals surface area contributed by atoms with E-state index in [9.17, 15) is 0 Å². The van der Waals surface area contributed by atoms with Crippen LogP contribution in [0.5, 0.6) is 0 Å². The summed E-state index contributed by atoms with van der Waals surface area (Å²) in [6, 6.07) is 9.33. The molecule has 1 aromatic rings. The van der Waals surface area contributed by atoms with E-state index in [0.29, 0.717) is 18.2 Å². The fraction of sp³-hybridized carbons (Fsp3) is 0.647. The number of benzene rings is 1. The molecule has 1 fully saturated rings. The Labute approximate surface area is 127 Å². The van der Waals surface area contributed by atoms with Gasteiger partial charge in [-0.25, -0.2) is 0 Å². The minimum absolute atomic E-state index is 0.429. The van der Waals surface area contributed by atoms with Crippen LogP contribution in [0.3, 0.4) is 0 Å². The largest absolute Gasteiger partial charge is 0.374 e. The third-order valence-electron chi connectivity index (χ3n) is 3.81. The lowest BCUT2D eigenvalue weighted by molar-refractivity contribution is 0.0700. The summed E-state index contributed by atoms with van der Waals surface area (Å²) in [5.41, 5.74) is 1.38. The number of hydrogen-bond donors (Lipinski definition) is 1. The summed E-state index contributed by atoms with van der Waals surface area (Å²) < 4.78 is 5.88. The molecular weight excluding hydrogens is 266 g/mol. The lowest BCUT2D eigenvalue weighted by atomic mass is 10.1. The first-order valence-corrected chi connectivity index (χ1v) is 8.79. The Morgan fingerprint density at radius 3 is 2.95 bits per heavy atom. The Hall–Kier alpha value is -0.510. The van der Waals surface area contributed by atoms with Crippen LogP contribution < -0.4 is 5.32 Å². The fourth-order valence-corrected chi connectivity index (χ4v) is 3.57. The van der Waals surface area contributed by atoms with Crippen LogP contribution in [0.4, 0.5) is 0 Å². The molecule has 1 saturated heterocycles. The molecule has 3 heteroatoms. The van der Waals surface area contributed by atoms with Gasteiger partial charge in [-0.3, -0.25) is 0 Å². The lowest BCUT2D eigenvalue weighted by Crippen LogP contribution is -2.19. The van der Waals surface area contributed by atoms with Crippen molar-refractivity contribution in [3.05, 3.63) is 29.8 Å². The lowest BCUT2D eigenvalue weighted by Gasteiger charge is -2.15. The maximum atomic E-state index is 5.88. The average molecular weight is 293 g/mol. The molecule has 1 aliphatic rings. The van der Waals surface area contributed by atoms with Crippen LogP contribution >= 0.6 is 11.8 Å². The van der Waals surface area contributed by atoms with Crippen LogP contribution in [-0.4, -0.2) is 24.5 Å². The molecular formula is C17H27NOS. The van der Waals surface area contributed by atoms with Gasteiger partial charge in [0.15, 0.2) is 0 Å². The third kappa shape index (κ3) is 4.80. The smallest absolute Gasteiger partial charge is 0.0673 e. The molecule has 0 amide bonds. The van der Waals surface area contributed by atoms with E-state index < -0.39 is 0 Å². The van der Waals surface area contributed by atoms with Crippen molar-refractivity contribution in [3.63, 3.8) is 0 Å². The first kappa shape index (κ1) is 15.9. The summed E-state index contributed by atoms with van der Waals surface area (Å²) in [6.07, 6.45) is 4.49. The van der Waals surface area contributed by atoms with Crippen LogP contribution in [0.1, 0.15) is 51.6 Å². The van der Waals surface area contributed by atoms with E-state index in [4.69, 9.17) is 4.74 Å². The molecule has 1 N–H and O–H groups in total. The molecule has 1 aliphatic heterocycles. The number of thioether (sulfide) groups is 1. The normalized spacial score (nSPS) is 23.9. The highest BCUT2D eigenvalue weighted by Gasteiger charge is 2.21. The summed E-state index contributed by atoms with van der Waals surface area (Å²) in [4.78, 5) is 1.36. The molecule has 0 spiro atoms. The van der Waals surface area contributed by atoms with Gasteiger partial charge < -0.3 is 10.1 Å². The molecule has 112 valence electrons. The number of hydrogen-bond acceptors (Lipinski definition) is 3. The topological polar surface area (TPSA) is 21.3 Å².